The van der Waals surface area contributed by atoms with Gasteiger partial charge in [0.15, 0.2) is 0 Å². The lowest BCUT2D eigenvalue weighted by Gasteiger charge is -2.22. The number of amides is 1. The number of nitrogens with one attached hydrogen (secondary N) is 1. The van der Waals surface area contributed by atoms with E-state index in [1.54, 1.807) is 12.4 Å². The number of carbonyl (C=O) groups is 1. The van der Waals surface area contributed by atoms with E-state index in [0.29, 0.717) is 6.42 Å². The van der Waals surface area contributed by atoms with Gasteiger partial charge in [0.05, 0.1) is 30.1 Å². The van der Waals surface area contributed by atoms with Crippen LogP contribution in [0, 0.1) is 13.8 Å². The van der Waals surface area contributed by atoms with Crippen molar-refractivity contribution < 1.29 is 9.90 Å². The lowest BCUT2D eigenvalue weighted by molar-refractivity contribution is 0.0807. The van der Waals surface area contributed by atoms with Gasteiger partial charge in [0.1, 0.15) is 11.5 Å². The molecule has 7 heteroatoms. The van der Waals surface area contributed by atoms with Crippen LogP contribution < -0.4 is 5.32 Å². The Morgan fingerprint density at radius 1 is 1.27 bits per heavy atom. The number of aliphatic hydroxyl groups is 1. The van der Waals surface area contributed by atoms with E-state index in [4.69, 9.17) is 0 Å². The Bertz CT molecular complexity index is 667. The van der Waals surface area contributed by atoms with Crippen molar-refractivity contribution in [2.75, 3.05) is 0 Å². The minimum absolute atomic E-state index is 0.0584. The molecule has 1 aliphatic carbocycles. The number of rotatable bonds is 3. The molecule has 1 aliphatic rings. The van der Waals surface area contributed by atoms with Gasteiger partial charge in [0, 0.05) is 18.6 Å². The summed E-state index contributed by atoms with van der Waals surface area (Å²) >= 11 is 0. The van der Waals surface area contributed by atoms with Gasteiger partial charge in [0.2, 0.25) is 0 Å². The number of nitrogens with zero attached hydrogens (tertiary/aromatic N) is 4. The van der Waals surface area contributed by atoms with Crippen LogP contribution in [0.25, 0.3) is 0 Å². The van der Waals surface area contributed by atoms with Crippen molar-refractivity contribution in [3.63, 3.8) is 0 Å². The van der Waals surface area contributed by atoms with Crippen LogP contribution >= 0.6 is 0 Å². The minimum Gasteiger partial charge on any atom is -0.389 e. The summed E-state index contributed by atoms with van der Waals surface area (Å²) in [6, 6.07) is -0.348. The predicted molar refractivity (Wildman–Crippen MR) is 79.3 cm³/mol. The Hall–Kier alpha value is -2.28. The van der Waals surface area contributed by atoms with E-state index in [1.165, 1.54) is 6.20 Å². The third kappa shape index (κ3) is 2.71. The minimum atomic E-state index is -0.643. The molecule has 2 heterocycles. The first-order chi connectivity index (χ1) is 10.6. The van der Waals surface area contributed by atoms with Crippen LogP contribution in [0.3, 0.4) is 0 Å². The largest absolute Gasteiger partial charge is 0.389 e. The van der Waals surface area contributed by atoms with Gasteiger partial charge in [0.25, 0.3) is 5.91 Å². The molecule has 2 aromatic rings. The molecule has 1 fully saturated rings. The number of imidazole rings is 1. The Kier molecular flexibility index (Phi) is 3.89. The summed E-state index contributed by atoms with van der Waals surface area (Å²) in [7, 11) is 0. The summed E-state index contributed by atoms with van der Waals surface area (Å²) < 4.78 is 1.96. The Labute approximate surface area is 128 Å². The van der Waals surface area contributed by atoms with Crippen LogP contribution in [-0.2, 0) is 0 Å². The van der Waals surface area contributed by atoms with E-state index in [2.05, 4.69) is 20.3 Å². The maximum atomic E-state index is 12.2. The van der Waals surface area contributed by atoms with E-state index in [9.17, 15) is 9.90 Å². The van der Waals surface area contributed by atoms with E-state index in [0.717, 1.165) is 17.9 Å². The van der Waals surface area contributed by atoms with Crippen LogP contribution in [0.4, 0.5) is 0 Å². The molecular formula is C15H19N5O2. The molecule has 3 atom stereocenters. The Morgan fingerprint density at radius 2 is 2.09 bits per heavy atom. The molecule has 2 aromatic heterocycles. The second-order valence-corrected chi connectivity index (χ2v) is 5.64. The summed E-state index contributed by atoms with van der Waals surface area (Å²) in [5.74, 6) is 0.556. The number of aryl methyl sites for hydroxylation is 2. The fourth-order valence-electron chi connectivity index (χ4n) is 2.91. The van der Waals surface area contributed by atoms with Gasteiger partial charge >= 0.3 is 0 Å². The summed E-state index contributed by atoms with van der Waals surface area (Å²) in [5, 5.41) is 13.3. The van der Waals surface area contributed by atoms with Gasteiger partial charge in [-0.25, -0.2) is 9.97 Å². The summed E-state index contributed by atoms with van der Waals surface area (Å²) in [6.07, 6.45) is 7.45. The quantitative estimate of drug-likeness (QED) is 0.874. The highest BCUT2D eigenvalue weighted by Crippen LogP contribution is 2.31. The van der Waals surface area contributed by atoms with Gasteiger partial charge in [-0.2, -0.15) is 0 Å². The van der Waals surface area contributed by atoms with Gasteiger partial charge in [-0.15, -0.1) is 0 Å². The van der Waals surface area contributed by atoms with Crippen molar-refractivity contribution in [3.8, 4) is 0 Å². The molecule has 0 spiro atoms. The maximum Gasteiger partial charge on any atom is 0.271 e. The molecule has 22 heavy (non-hydrogen) atoms. The van der Waals surface area contributed by atoms with Gasteiger partial charge < -0.3 is 15.0 Å². The molecule has 0 aromatic carbocycles. The average Bonchev–Trinajstić information content (AvgIpc) is 3.06. The molecule has 1 amide bonds. The smallest absolute Gasteiger partial charge is 0.271 e. The zero-order valence-electron chi connectivity index (χ0n) is 12.6. The molecule has 0 radical (unpaired) electrons. The number of carbonyl (C=O) groups excluding carboxylic acids is 1. The average molecular weight is 301 g/mol. The summed E-state index contributed by atoms with van der Waals surface area (Å²) in [4.78, 5) is 24.5. The van der Waals surface area contributed by atoms with E-state index in [-0.39, 0.29) is 23.7 Å². The molecule has 3 rings (SSSR count). The van der Waals surface area contributed by atoms with E-state index < -0.39 is 6.10 Å². The van der Waals surface area contributed by atoms with Crippen molar-refractivity contribution in [3.05, 3.63) is 42.0 Å². The number of aliphatic hydroxyl groups excluding tert-OH is 1. The zero-order chi connectivity index (χ0) is 15.7. The summed E-state index contributed by atoms with van der Waals surface area (Å²) in [5.41, 5.74) is 1.02. The molecule has 0 aliphatic heterocycles. The highest BCUT2D eigenvalue weighted by molar-refractivity contribution is 5.92. The lowest BCUT2D eigenvalue weighted by Crippen LogP contribution is -2.42. The molecular weight excluding hydrogens is 282 g/mol. The zero-order valence-corrected chi connectivity index (χ0v) is 12.6. The lowest BCUT2D eigenvalue weighted by atomic mass is 10.1. The van der Waals surface area contributed by atoms with E-state index in [1.807, 2.05) is 24.6 Å². The molecule has 116 valence electrons. The van der Waals surface area contributed by atoms with Crippen molar-refractivity contribution >= 4 is 5.91 Å². The van der Waals surface area contributed by atoms with Gasteiger partial charge in [-0.3, -0.25) is 9.78 Å². The first-order valence-electron chi connectivity index (χ1n) is 7.33. The van der Waals surface area contributed by atoms with Crippen LogP contribution in [-0.4, -0.2) is 42.7 Å². The van der Waals surface area contributed by atoms with Crippen LogP contribution in [0.5, 0.6) is 0 Å². The van der Waals surface area contributed by atoms with Crippen LogP contribution in [0.15, 0.2) is 24.8 Å². The molecule has 7 nitrogen and oxygen atoms in total. The van der Waals surface area contributed by atoms with Crippen molar-refractivity contribution in [1.29, 1.82) is 0 Å². The molecule has 0 unspecified atom stereocenters. The van der Waals surface area contributed by atoms with Crippen molar-refractivity contribution in [2.45, 2.75) is 44.9 Å². The predicted octanol–water partition coefficient (Wildman–Crippen LogP) is 0.784. The third-order valence-corrected chi connectivity index (χ3v) is 4.13. The number of hydrogen-bond donors (Lipinski definition) is 2. The third-order valence-electron chi connectivity index (χ3n) is 4.13. The maximum absolute atomic E-state index is 12.2. The Balaban J connectivity index is 1.68. The van der Waals surface area contributed by atoms with Crippen molar-refractivity contribution in [2.24, 2.45) is 0 Å². The van der Waals surface area contributed by atoms with Crippen LogP contribution in [0.1, 0.15) is 40.9 Å². The van der Waals surface area contributed by atoms with Crippen LogP contribution in [0.2, 0.25) is 0 Å². The normalized spacial score (nSPS) is 24.4. The fourth-order valence-corrected chi connectivity index (χ4v) is 2.91. The first kappa shape index (κ1) is 14.6. The highest BCUT2D eigenvalue weighted by Gasteiger charge is 2.37. The fraction of sp³-hybridized carbons (Fsp3) is 0.467. The monoisotopic (exact) mass is 301 g/mol. The second kappa shape index (κ2) is 5.84. The first-order valence-corrected chi connectivity index (χ1v) is 7.33. The molecule has 1 saturated carbocycles. The SMILES string of the molecule is Cc1cnc(C(=O)N[C@@H]2CC[C@@H](n3ccnc3C)[C@@H]2O)cn1. The molecule has 2 N–H and O–H groups in total. The molecule has 0 bridgehead atoms. The number of aromatic nitrogens is 4. The van der Waals surface area contributed by atoms with Gasteiger partial charge in [-0.1, -0.05) is 0 Å². The van der Waals surface area contributed by atoms with Gasteiger partial charge in [-0.05, 0) is 26.7 Å². The number of hydrogen-bond acceptors (Lipinski definition) is 5. The standard InChI is InChI=1S/C15H19N5O2/c1-9-7-18-12(8-17-9)15(22)19-11-3-4-13(14(11)21)20-6-5-16-10(20)2/h5-8,11,13-14,21H,3-4H2,1-2H3,(H,19,22)/t11-,13-,14-/m1/s1. The molecule has 0 saturated heterocycles. The topological polar surface area (TPSA) is 92.9 Å². The highest BCUT2D eigenvalue weighted by atomic mass is 16.3. The second-order valence-electron chi connectivity index (χ2n) is 5.64. The summed E-state index contributed by atoms with van der Waals surface area (Å²) in [6.45, 7) is 3.72. The Morgan fingerprint density at radius 3 is 2.73 bits per heavy atom. The van der Waals surface area contributed by atoms with Crippen molar-refractivity contribution in [1.82, 2.24) is 24.8 Å². The van der Waals surface area contributed by atoms with E-state index >= 15 is 0 Å².